The van der Waals surface area contributed by atoms with E-state index in [1.54, 1.807) is 6.20 Å². The molecule has 0 amide bonds. The van der Waals surface area contributed by atoms with Crippen LogP contribution in [0.3, 0.4) is 0 Å². The maximum Gasteiger partial charge on any atom is 0.0983 e. The van der Waals surface area contributed by atoms with Gasteiger partial charge in [0, 0.05) is 49.5 Å². The molecule has 6 nitrogen and oxygen atoms in total. The summed E-state index contributed by atoms with van der Waals surface area (Å²) in [5.74, 6) is 0. The van der Waals surface area contributed by atoms with E-state index < -0.39 is 0 Å². The molecule has 1 aromatic carbocycles. The Morgan fingerprint density at radius 3 is 2.62 bits per heavy atom. The number of aryl methyl sites for hydroxylation is 3. The zero-order chi connectivity index (χ0) is 20.1. The molecule has 3 heterocycles. The van der Waals surface area contributed by atoms with Crippen molar-refractivity contribution in [3.63, 3.8) is 0 Å². The van der Waals surface area contributed by atoms with Gasteiger partial charge in [-0.3, -0.25) is 9.67 Å². The summed E-state index contributed by atoms with van der Waals surface area (Å²) in [5.41, 5.74) is 6.73. The summed E-state index contributed by atoms with van der Waals surface area (Å²) in [7, 11) is 1.95. The molecule has 4 rings (SSSR count). The molecular formula is C23H26N6. The van der Waals surface area contributed by atoms with Gasteiger partial charge < -0.3 is 5.32 Å². The highest BCUT2D eigenvalue weighted by molar-refractivity contribution is 5.61. The summed E-state index contributed by atoms with van der Waals surface area (Å²) in [5, 5.41) is 12.8. The topological polar surface area (TPSA) is 60.6 Å². The average Bonchev–Trinajstić information content (AvgIpc) is 3.31. The lowest BCUT2D eigenvalue weighted by atomic mass is 10.1. The molecule has 6 heteroatoms. The fourth-order valence-corrected chi connectivity index (χ4v) is 3.49. The quantitative estimate of drug-likeness (QED) is 0.469. The van der Waals surface area contributed by atoms with Crippen molar-refractivity contribution in [2.45, 2.75) is 26.3 Å². The van der Waals surface area contributed by atoms with E-state index in [0.717, 1.165) is 48.6 Å². The summed E-state index contributed by atoms with van der Waals surface area (Å²) >= 11 is 0. The number of rotatable bonds is 8. The van der Waals surface area contributed by atoms with E-state index >= 15 is 0 Å². The van der Waals surface area contributed by atoms with Crippen molar-refractivity contribution in [2.75, 3.05) is 6.54 Å². The Labute approximate surface area is 171 Å². The number of hydrogen-bond acceptors (Lipinski definition) is 4. The van der Waals surface area contributed by atoms with Gasteiger partial charge in [-0.05, 0) is 56.1 Å². The predicted molar refractivity (Wildman–Crippen MR) is 115 cm³/mol. The maximum atomic E-state index is 4.65. The molecule has 29 heavy (non-hydrogen) atoms. The van der Waals surface area contributed by atoms with Crippen LogP contribution >= 0.6 is 0 Å². The second-order valence-corrected chi connectivity index (χ2v) is 7.22. The molecule has 0 saturated carbocycles. The van der Waals surface area contributed by atoms with E-state index in [0.29, 0.717) is 0 Å². The normalized spacial score (nSPS) is 11.1. The highest BCUT2D eigenvalue weighted by Gasteiger charge is 2.10. The lowest BCUT2D eigenvalue weighted by molar-refractivity contribution is 0.648. The van der Waals surface area contributed by atoms with Crippen LogP contribution in [0.4, 0.5) is 0 Å². The molecule has 0 saturated heterocycles. The molecule has 0 bridgehead atoms. The second kappa shape index (κ2) is 8.84. The second-order valence-electron chi connectivity index (χ2n) is 7.22. The summed E-state index contributed by atoms with van der Waals surface area (Å²) < 4.78 is 3.83. The SMILES string of the molecule is Cc1nn(-c2ccccc2)cc1CCCNCc1cn(C)nc1-c1cccnc1. The zero-order valence-corrected chi connectivity index (χ0v) is 16.9. The number of nitrogens with one attached hydrogen (secondary N) is 1. The van der Waals surface area contributed by atoms with Gasteiger partial charge in [0.2, 0.25) is 0 Å². The van der Waals surface area contributed by atoms with Crippen molar-refractivity contribution in [2.24, 2.45) is 7.05 Å². The highest BCUT2D eigenvalue weighted by atomic mass is 15.3. The number of aromatic nitrogens is 5. The molecule has 0 aliphatic heterocycles. The van der Waals surface area contributed by atoms with Crippen LogP contribution in [0, 0.1) is 6.92 Å². The molecule has 0 aliphatic rings. The summed E-state index contributed by atoms with van der Waals surface area (Å²) in [4.78, 5) is 4.21. The van der Waals surface area contributed by atoms with Crippen LogP contribution in [0.2, 0.25) is 0 Å². The van der Waals surface area contributed by atoms with Gasteiger partial charge in [0.15, 0.2) is 0 Å². The predicted octanol–water partition coefficient (Wildman–Crippen LogP) is 3.70. The molecule has 0 spiro atoms. The molecule has 148 valence electrons. The Balaban J connectivity index is 1.31. The Morgan fingerprint density at radius 1 is 0.966 bits per heavy atom. The van der Waals surface area contributed by atoms with E-state index in [1.807, 2.05) is 52.9 Å². The minimum absolute atomic E-state index is 0.792. The summed E-state index contributed by atoms with van der Waals surface area (Å²) in [6, 6.07) is 14.2. The first kappa shape index (κ1) is 19.1. The molecule has 0 aliphatic carbocycles. The van der Waals surface area contributed by atoms with Crippen molar-refractivity contribution in [3.8, 4) is 16.9 Å². The van der Waals surface area contributed by atoms with Crippen molar-refractivity contribution >= 4 is 0 Å². The maximum absolute atomic E-state index is 4.65. The molecule has 0 fully saturated rings. The summed E-state index contributed by atoms with van der Waals surface area (Å²) in [6.07, 6.45) is 9.93. The highest BCUT2D eigenvalue weighted by Crippen LogP contribution is 2.20. The third-order valence-electron chi connectivity index (χ3n) is 4.98. The number of hydrogen-bond donors (Lipinski definition) is 1. The minimum atomic E-state index is 0.792. The van der Waals surface area contributed by atoms with E-state index in [4.69, 9.17) is 0 Å². The van der Waals surface area contributed by atoms with E-state index in [-0.39, 0.29) is 0 Å². The molecule has 3 aromatic heterocycles. The lowest BCUT2D eigenvalue weighted by Crippen LogP contribution is -2.15. The van der Waals surface area contributed by atoms with Crippen LogP contribution in [0.25, 0.3) is 16.9 Å². The average molecular weight is 387 g/mol. The van der Waals surface area contributed by atoms with Gasteiger partial charge in [-0.1, -0.05) is 18.2 Å². The monoisotopic (exact) mass is 386 g/mol. The fourth-order valence-electron chi connectivity index (χ4n) is 3.49. The Hall–Kier alpha value is -3.25. The third-order valence-corrected chi connectivity index (χ3v) is 4.98. The van der Waals surface area contributed by atoms with Crippen LogP contribution in [0.1, 0.15) is 23.2 Å². The number of benzene rings is 1. The smallest absolute Gasteiger partial charge is 0.0983 e. The molecular weight excluding hydrogens is 360 g/mol. The third kappa shape index (κ3) is 4.60. The summed E-state index contributed by atoms with van der Waals surface area (Å²) in [6.45, 7) is 3.82. The molecule has 0 unspecified atom stereocenters. The van der Waals surface area contributed by atoms with Gasteiger partial charge >= 0.3 is 0 Å². The zero-order valence-electron chi connectivity index (χ0n) is 16.9. The first-order chi connectivity index (χ1) is 14.2. The fraction of sp³-hybridized carbons (Fsp3) is 0.261. The number of pyridine rings is 1. The van der Waals surface area contributed by atoms with E-state index in [1.165, 1.54) is 11.1 Å². The van der Waals surface area contributed by atoms with Gasteiger partial charge in [-0.2, -0.15) is 10.2 Å². The Bertz CT molecular complexity index is 1050. The first-order valence-electron chi connectivity index (χ1n) is 9.95. The van der Waals surface area contributed by atoms with Crippen LogP contribution < -0.4 is 5.32 Å². The minimum Gasteiger partial charge on any atom is -0.313 e. The van der Waals surface area contributed by atoms with Gasteiger partial charge in [0.05, 0.1) is 17.1 Å². The van der Waals surface area contributed by atoms with Crippen molar-refractivity contribution in [3.05, 3.63) is 84.1 Å². The largest absolute Gasteiger partial charge is 0.313 e. The van der Waals surface area contributed by atoms with E-state index in [2.05, 4.69) is 51.9 Å². The molecule has 0 radical (unpaired) electrons. The lowest BCUT2D eigenvalue weighted by Gasteiger charge is -2.05. The standard InChI is InChI=1S/C23H26N6/c1-18-20(17-29(26-18)22-10-4-3-5-11-22)9-7-13-25-15-21-16-28(2)27-23(21)19-8-6-12-24-14-19/h3-6,8,10-12,14,16-17,25H,7,9,13,15H2,1-2H3. The molecule has 4 aromatic rings. The van der Waals surface area contributed by atoms with Gasteiger partial charge in [-0.15, -0.1) is 0 Å². The van der Waals surface area contributed by atoms with E-state index in [9.17, 15) is 0 Å². The Kier molecular flexibility index (Phi) is 5.81. The number of nitrogens with zero attached hydrogens (tertiary/aromatic N) is 5. The van der Waals surface area contributed by atoms with Crippen LogP contribution in [-0.4, -0.2) is 31.1 Å². The van der Waals surface area contributed by atoms with Crippen molar-refractivity contribution in [1.29, 1.82) is 0 Å². The Morgan fingerprint density at radius 2 is 1.83 bits per heavy atom. The van der Waals surface area contributed by atoms with Gasteiger partial charge in [0.1, 0.15) is 0 Å². The number of para-hydroxylation sites is 1. The van der Waals surface area contributed by atoms with Crippen molar-refractivity contribution in [1.82, 2.24) is 29.9 Å². The van der Waals surface area contributed by atoms with Gasteiger partial charge in [0.25, 0.3) is 0 Å². The first-order valence-corrected chi connectivity index (χ1v) is 9.95. The van der Waals surface area contributed by atoms with Crippen molar-refractivity contribution < 1.29 is 0 Å². The molecule has 1 N–H and O–H groups in total. The van der Waals surface area contributed by atoms with Crippen LogP contribution in [0.15, 0.2) is 67.3 Å². The molecule has 0 atom stereocenters. The van der Waals surface area contributed by atoms with Gasteiger partial charge in [-0.25, -0.2) is 4.68 Å². The van der Waals surface area contributed by atoms with Crippen LogP contribution in [-0.2, 0) is 20.0 Å². The van der Waals surface area contributed by atoms with Crippen LogP contribution in [0.5, 0.6) is 0 Å².